The lowest BCUT2D eigenvalue weighted by Gasteiger charge is -2.26. The van der Waals surface area contributed by atoms with Gasteiger partial charge in [-0.25, -0.2) is 0 Å². The Morgan fingerprint density at radius 2 is 1.53 bits per heavy atom. The van der Waals surface area contributed by atoms with Crippen LogP contribution in [0.3, 0.4) is 0 Å². The third-order valence-electron chi connectivity index (χ3n) is 3.24. The molecule has 5 heteroatoms. The van der Waals surface area contributed by atoms with Crippen molar-refractivity contribution in [2.24, 2.45) is 0 Å². The Balaban J connectivity index is 2.62. The number of hydrogen-bond acceptors (Lipinski definition) is 5. The summed E-state index contributed by atoms with van der Waals surface area (Å²) in [7, 11) is 0. The number of carbonyl (C=O) groups is 2. The molecule has 0 radical (unpaired) electrons. The molecule has 0 spiro atoms. The number of hydrogen-bond donors (Lipinski definition) is 2. The molecule has 0 bridgehead atoms. The smallest absolute Gasteiger partial charge is 0.213 e. The van der Waals surface area contributed by atoms with Gasteiger partial charge in [-0.15, -0.1) is 0 Å². The van der Waals surface area contributed by atoms with Gasteiger partial charge in [0.05, 0.1) is 16.8 Å². The molecule has 5 nitrogen and oxygen atoms in total. The minimum atomic E-state index is -0.468. The maximum Gasteiger partial charge on any atom is 0.213 e. The van der Waals surface area contributed by atoms with Crippen LogP contribution in [-0.2, 0) is 0 Å². The Morgan fingerprint density at radius 3 is 2.05 bits per heavy atom. The third kappa shape index (κ3) is 1.97. The zero-order valence-corrected chi connectivity index (χ0v) is 10.8. The van der Waals surface area contributed by atoms with Gasteiger partial charge in [-0.1, -0.05) is 0 Å². The predicted octanol–water partition coefficient (Wildman–Crippen LogP) is 1.70. The summed E-state index contributed by atoms with van der Waals surface area (Å²) >= 11 is 0. The van der Waals surface area contributed by atoms with Crippen molar-refractivity contribution in [3.05, 3.63) is 35.0 Å². The van der Waals surface area contributed by atoms with Crippen LogP contribution in [0.15, 0.2) is 23.9 Å². The molecule has 100 valence electrons. The number of aromatic hydroxyl groups is 2. The molecular formula is C14H15NO4. The van der Waals surface area contributed by atoms with Crippen molar-refractivity contribution in [1.29, 1.82) is 0 Å². The van der Waals surface area contributed by atoms with Crippen LogP contribution in [-0.4, -0.2) is 39.8 Å². The molecule has 0 saturated heterocycles. The van der Waals surface area contributed by atoms with Crippen LogP contribution in [0.4, 0.5) is 0 Å². The molecule has 0 atom stereocenters. The number of fused-ring (bicyclic) bond motifs is 1. The maximum atomic E-state index is 12.4. The van der Waals surface area contributed by atoms with Crippen molar-refractivity contribution in [3.63, 3.8) is 0 Å². The summed E-state index contributed by atoms with van der Waals surface area (Å²) in [5.74, 6) is -1.48. The molecule has 1 aromatic rings. The van der Waals surface area contributed by atoms with E-state index in [0.717, 1.165) is 0 Å². The third-order valence-corrected chi connectivity index (χ3v) is 3.24. The van der Waals surface area contributed by atoms with Crippen molar-refractivity contribution in [2.75, 3.05) is 13.1 Å². The number of allylic oxidation sites excluding steroid dienone is 2. The SMILES string of the molecule is CCN(CC)C1=CC(=O)c2c(O)ccc(O)c2C1=O. The maximum absolute atomic E-state index is 12.4. The average molecular weight is 261 g/mol. The van der Waals surface area contributed by atoms with Gasteiger partial charge in [0.25, 0.3) is 0 Å². The normalized spacial score (nSPS) is 14.1. The van der Waals surface area contributed by atoms with Gasteiger partial charge in [-0.2, -0.15) is 0 Å². The highest BCUT2D eigenvalue weighted by atomic mass is 16.3. The summed E-state index contributed by atoms with van der Waals surface area (Å²) in [5, 5.41) is 19.5. The number of ketones is 2. The van der Waals surface area contributed by atoms with E-state index in [9.17, 15) is 19.8 Å². The van der Waals surface area contributed by atoms with E-state index in [1.54, 1.807) is 4.90 Å². The Labute approximate surface area is 110 Å². The Morgan fingerprint density at radius 1 is 1.00 bits per heavy atom. The number of nitrogens with zero attached hydrogens (tertiary/aromatic N) is 1. The molecule has 1 aromatic carbocycles. The lowest BCUT2D eigenvalue weighted by molar-refractivity contribution is 0.0948. The van der Waals surface area contributed by atoms with Crippen LogP contribution >= 0.6 is 0 Å². The molecule has 0 aliphatic heterocycles. The second kappa shape index (κ2) is 4.76. The molecule has 2 rings (SSSR count). The molecule has 0 unspecified atom stereocenters. The molecule has 1 aliphatic carbocycles. The van der Waals surface area contributed by atoms with E-state index in [1.165, 1.54) is 18.2 Å². The van der Waals surface area contributed by atoms with E-state index < -0.39 is 11.6 Å². The first-order valence-corrected chi connectivity index (χ1v) is 6.11. The van der Waals surface area contributed by atoms with Gasteiger partial charge in [-0.05, 0) is 26.0 Å². The predicted molar refractivity (Wildman–Crippen MR) is 69.4 cm³/mol. The summed E-state index contributed by atoms with van der Waals surface area (Å²) in [6.45, 7) is 4.91. The minimum absolute atomic E-state index is 0.116. The topological polar surface area (TPSA) is 77.8 Å². The molecule has 0 saturated carbocycles. The quantitative estimate of drug-likeness (QED) is 0.810. The molecule has 2 N–H and O–H groups in total. The molecule has 1 aliphatic rings. The highest BCUT2D eigenvalue weighted by Gasteiger charge is 2.32. The summed E-state index contributed by atoms with van der Waals surface area (Å²) in [6.07, 6.45) is 1.22. The molecular weight excluding hydrogens is 246 g/mol. The first-order chi connectivity index (χ1) is 9.01. The van der Waals surface area contributed by atoms with Gasteiger partial charge in [0.15, 0.2) is 5.78 Å². The summed E-state index contributed by atoms with van der Waals surface area (Å²) in [6, 6.07) is 2.42. The van der Waals surface area contributed by atoms with Gasteiger partial charge in [0.1, 0.15) is 11.5 Å². The Kier molecular flexibility index (Phi) is 3.29. The van der Waals surface area contributed by atoms with Crippen LogP contribution in [0, 0.1) is 0 Å². The van der Waals surface area contributed by atoms with E-state index in [2.05, 4.69) is 0 Å². The van der Waals surface area contributed by atoms with E-state index in [-0.39, 0.29) is 28.3 Å². The van der Waals surface area contributed by atoms with Crippen molar-refractivity contribution in [1.82, 2.24) is 4.90 Å². The van der Waals surface area contributed by atoms with Gasteiger partial charge in [0, 0.05) is 19.2 Å². The molecule has 0 fully saturated rings. The summed E-state index contributed by atoms with van der Waals surface area (Å²) in [5.41, 5.74) is 0.0127. The highest BCUT2D eigenvalue weighted by Crippen LogP contribution is 2.35. The molecule has 19 heavy (non-hydrogen) atoms. The van der Waals surface area contributed by atoms with Crippen molar-refractivity contribution < 1.29 is 19.8 Å². The van der Waals surface area contributed by atoms with Crippen LogP contribution in [0.25, 0.3) is 0 Å². The van der Waals surface area contributed by atoms with Gasteiger partial charge >= 0.3 is 0 Å². The van der Waals surface area contributed by atoms with E-state index in [4.69, 9.17) is 0 Å². The zero-order valence-electron chi connectivity index (χ0n) is 10.8. The second-order valence-electron chi connectivity index (χ2n) is 4.25. The van der Waals surface area contributed by atoms with E-state index in [1.807, 2.05) is 13.8 Å². The minimum Gasteiger partial charge on any atom is -0.507 e. The second-order valence-corrected chi connectivity index (χ2v) is 4.25. The van der Waals surface area contributed by atoms with E-state index in [0.29, 0.717) is 13.1 Å². The fourth-order valence-electron chi connectivity index (χ4n) is 2.25. The fourth-order valence-corrected chi connectivity index (χ4v) is 2.25. The van der Waals surface area contributed by atoms with E-state index >= 15 is 0 Å². The zero-order chi connectivity index (χ0) is 14.2. The van der Waals surface area contributed by atoms with Crippen molar-refractivity contribution >= 4 is 11.6 Å². The number of phenolic OH excluding ortho intramolecular Hbond substituents is 2. The van der Waals surface area contributed by atoms with Crippen molar-refractivity contribution in [3.8, 4) is 11.5 Å². The molecule has 0 aromatic heterocycles. The number of phenols is 2. The monoisotopic (exact) mass is 261 g/mol. The van der Waals surface area contributed by atoms with Crippen molar-refractivity contribution in [2.45, 2.75) is 13.8 Å². The Hall–Kier alpha value is -2.30. The lowest BCUT2D eigenvalue weighted by Crippen LogP contribution is -2.31. The summed E-state index contributed by atoms with van der Waals surface area (Å²) < 4.78 is 0. The van der Waals surface area contributed by atoms with Crippen LogP contribution in [0.2, 0.25) is 0 Å². The van der Waals surface area contributed by atoms with Gasteiger partial charge in [-0.3, -0.25) is 9.59 Å². The number of rotatable bonds is 3. The fraction of sp³-hybridized carbons (Fsp3) is 0.286. The number of likely N-dealkylation sites (N-methyl/N-ethyl adjacent to an activating group) is 1. The Bertz CT molecular complexity index is 585. The standard InChI is InChI=1S/C14H15NO4/c1-3-15(4-2)8-7-11(18)12-9(16)5-6-10(17)13(12)14(8)19/h5-7,16-17H,3-4H2,1-2H3. The first-order valence-electron chi connectivity index (χ1n) is 6.11. The van der Waals surface area contributed by atoms with Gasteiger partial charge in [0.2, 0.25) is 5.78 Å². The molecule has 0 heterocycles. The van der Waals surface area contributed by atoms with Crippen LogP contribution < -0.4 is 0 Å². The number of benzene rings is 1. The van der Waals surface area contributed by atoms with Crippen LogP contribution in [0.1, 0.15) is 34.6 Å². The van der Waals surface area contributed by atoms with Crippen LogP contribution in [0.5, 0.6) is 11.5 Å². The number of Topliss-reactive ketones (excluding diaryl/α,β-unsaturated/α-hetero) is 1. The van der Waals surface area contributed by atoms with Gasteiger partial charge < -0.3 is 15.1 Å². The molecule has 0 amide bonds. The largest absolute Gasteiger partial charge is 0.507 e. The number of carbonyl (C=O) groups excluding carboxylic acids is 2. The average Bonchev–Trinajstić information content (AvgIpc) is 2.39. The lowest BCUT2D eigenvalue weighted by atomic mass is 9.90. The highest BCUT2D eigenvalue weighted by molar-refractivity contribution is 6.26. The summed E-state index contributed by atoms with van der Waals surface area (Å²) in [4.78, 5) is 26.1. The first kappa shape index (κ1) is 13.1.